The lowest BCUT2D eigenvalue weighted by molar-refractivity contribution is -0.120. The summed E-state index contributed by atoms with van der Waals surface area (Å²) in [5.74, 6) is 0.0593. The number of rotatable bonds is 7. The first-order chi connectivity index (χ1) is 7.76. The minimum Gasteiger partial charge on any atom is -0.356 e. The number of hydrogen-bond donors (Lipinski definition) is 2. The van der Waals surface area contributed by atoms with Crippen LogP contribution in [-0.4, -0.2) is 31.0 Å². The lowest BCUT2D eigenvalue weighted by Gasteiger charge is -2.03. The summed E-state index contributed by atoms with van der Waals surface area (Å²) in [6.45, 7) is 3.72. The quantitative estimate of drug-likeness (QED) is 0.755. The summed E-state index contributed by atoms with van der Waals surface area (Å²) >= 11 is 1.62. The highest BCUT2D eigenvalue weighted by Crippen LogP contribution is 2.10. The molecule has 0 aromatic carbocycles. The van der Waals surface area contributed by atoms with Crippen molar-refractivity contribution < 1.29 is 4.79 Å². The molecule has 0 saturated heterocycles. The van der Waals surface area contributed by atoms with Crippen LogP contribution in [-0.2, 0) is 17.6 Å². The van der Waals surface area contributed by atoms with Gasteiger partial charge in [-0.2, -0.15) is 0 Å². The minimum absolute atomic E-state index is 0. The van der Waals surface area contributed by atoms with Crippen LogP contribution in [0.15, 0.2) is 5.38 Å². The fraction of sp³-hybridized carbons (Fsp3) is 0.636. The Morgan fingerprint density at radius 3 is 2.67 bits per heavy atom. The Hall–Kier alpha value is -0.360. The van der Waals surface area contributed by atoms with E-state index in [1.807, 2.05) is 12.4 Å². The summed E-state index contributed by atoms with van der Waals surface area (Å²) in [6.07, 6.45) is 2.30. The van der Waals surface area contributed by atoms with Gasteiger partial charge in [-0.15, -0.1) is 36.2 Å². The van der Waals surface area contributed by atoms with Crippen molar-refractivity contribution in [2.24, 2.45) is 0 Å². The minimum atomic E-state index is 0. The van der Waals surface area contributed by atoms with Crippen molar-refractivity contribution in [3.8, 4) is 0 Å². The molecule has 0 radical (unpaired) electrons. The van der Waals surface area contributed by atoms with Crippen LogP contribution in [0.25, 0.3) is 0 Å². The van der Waals surface area contributed by atoms with Crippen LogP contribution in [0, 0.1) is 0 Å². The van der Waals surface area contributed by atoms with Gasteiger partial charge in [0.1, 0.15) is 0 Å². The zero-order chi connectivity index (χ0) is 11.8. The second-order valence-corrected chi connectivity index (χ2v) is 4.51. The average molecular weight is 314 g/mol. The molecule has 7 heteroatoms. The van der Waals surface area contributed by atoms with Gasteiger partial charge in [-0.3, -0.25) is 4.79 Å². The number of carbonyl (C=O) groups excluding carboxylic acids is 1. The molecule has 2 N–H and O–H groups in total. The number of nitrogens with one attached hydrogen (secondary N) is 2. The Bertz CT molecular complexity index is 334. The van der Waals surface area contributed by atoms with Crippen LogP contribution in [0.3, 0.4) is 0 Å². The zero-order valence-corrected chi connectivity index (χ0v) is 13.1. The zero-order valence-electron chi connectivity index (χ0n) is 10.7. The second kappa shape index (κ2) is 11.7. The molecule has 0 aliphatic carbocycles. The van der Waals surface area contributed by atoms with Crippen LogP contribution >= 0.6 is 36.2 Å². The van der Waals surface area contributed by atoms with Gasteiger partial charge in [0.2, 0.25) is 5.91 Å². The third-order valence-electron chi connectivity index (χ3n) is 2.17. The lowest BCUT2D eigenvalue weighted by atomic mass is 10.3. The summed E-state index contributed by atoms with van der Waals surface area (Å²) in [5, 5.41) is 8.98. The molecule has 0 aliphatic heterocycles. The summed E-state index contributed by atoms with van der Waals surface area (Å²) in [7, 11) is 1.91. The number of carbonyl (C=O) groups is 1. The van der Waals surface area contributed by atoms with E-state index >= 15 is 0 Å². The Morgan fingerprint density at radius 2 is 2.11 bits per heavy atom. The van der Waals surface area contributed by atoms with Crippen LogP contribution < -0.4 is 10.6 Å². The van der Waals surface area contributed by atoms with E-state index in [1.165, 1.54) is 0 Å². The topological polar surface area (TPSA) is 54.0 Å². The predicted octanol–water partition coefficient (Wildman–Crippen LogP) is 1.82. The molecule has 18 heavy (non-hydrogen) atoms. The highest BCUT2D eigenvalue weighted by atomic mass is 35.5. The lowest BCUT2D eigenvalue weighted by Crippen LogP contribution is -2.28. The summed E-state index contributed by atoms with van der Waals surface area (Å²) in [4.78, 5) is 15.9. The Kier molecular flexibility index (Phi) is 13.0. The van der Waals surface area contributed by atoms with Crippen molar-refractivity contribution >= 4 is 42.1 Å². The van der Waals surface area contributed by atoms with E-state index in [-0.39, 0.29) is 30.7 Å². The van der Waals surface area contributed by atoms with Crippen molar-refractivity contribution in [3.63, 3.8) is 0 Å². The molecule has 1 rings (SSSR count). The molecule has 0 fully saturated rings. The fourth-order valence-corrected chi connectivity index (χ4v) is 2.06. The Balaban J connectivity index is 0. The van der Waals surface area contributed by atoms with Gasteiger partial charge in [-0.25, -0.2) is 4.98 Å². The van der Waals surface area contributed by atoms with Crippen molar-refractivity contribution in [2.45, 2.75) is 26.2 Å². The highest BCUT2D eigenvalue weighted by molar-refractivity contribution is 7.09. The van der Waals surface area contributed by atoms with E-state index in [9.17, 15) is 4.79 Å². The first-order valence-corrected chi connectivity index (χ1v) is 6.48. The Morgan fingerprint density at radius 1 is 1.39 bits per heavy atom. The molecular formula is C11H21Cl2N3OS. The molecule has 1 heterocycles. The summed E-state index contributed by atoms with van der Waals surface area (Å²) in [5.41, 5.74) is 0.882. The number of nitrogens with zero attached hydrogens (tertiary/aromatic N) is 1. The second-order valence-electron chi connectivity index (χ2n) is 3.57. The van der Waals surface area contributed by atoms with Gasteiger partial charge in [0.15, 0.2) is 0 Å². The molecule has 0 spiro atoms. The number of thiazole rings is 1. The maximum absolute atomic E-state index is 11.5. The van der Waals surface area contributed by atoms with Gasteiger partial charge in [0, 0.05) is 11.9 Å². The molecule has 1 aromatic heterocycles. The van der Waals surface area contributed by atoms with E-state index in [0.717, 1.165) is 36.6 Å². The van der Waals surface area contributed by atoms with Gasteiger partial charge in [0.05, 0.1) is 17.1 Å². The smallest absolute Gasteiger partial charge is 0.226 e. The van der Waals surface area contributed by atoms with Crippen molar-refractivity contribution in [1.82, 2.24) is 15.6 Å². The molecule has 1 amide bonds. The van der Waals surface area contributed by atoms with Crippen molar-refractivity contribution in [2.75, 3.05) is 20.1 Å². The molecule has 1 aromatic rings. The van der Waals surface area contributed by atoms with Gasteiger partial charge >= 0.3 is 0 Å². The van der Waals surface area contributed by atoms with E-state index in [4.69, 9.17) is 0 Å². The predicted molar refractivity (Wildman–Crippen MR) is 81.2 cm³/mol. The van der Waals surface area contributed by atoms with Gasteiger partial charge in [0.25, 0.3) is 0 Å². The third kappa shape index (κ3) is 7.87. The van der Waals surface area contributed by atoms with Crippen molar-refractivity contribution in [1.29, 1.82) is 0 Å². The number of hydrogen-bond acceptors (Lipinski definition) is 4. The highest BCUT2D eigenvalue weighted by Gasteiger charge is 2.06. The number of amides is 1. The van der Waals surface area contributed by atoms with Gasteiger partial charge in [-0.05, 0) is 26.4 Å². The molecule has 0 unspecified atom stereocenters. The van der Waals surface area contributed by atoms with Crippen LogP contribution in [0.1, 0.15) is 24.0 Å². The van der Waals surface area contributed by atoms with E-state index in [2.05, 4.69) is 22.5 Å². The van der Waals surface area contributed by atoms with Crippen LogP contribution in [0.5, 0.6) is 0 Å². The molecule has 0 aliphatic rings. The molecule has 0 saturated carbocycles. The standard InChI is InChI=1S/C11H19N3OS.2ClH/c1-3-11-14-9(8-16-11)7-10(15)13-6-4-5-12-2;;/h8,12H,3-7H2,1-2H3,(H,13,15);2*1H. The largest absolute Gasteiger partial charge is 0.356 e. The van der Waals surface area contributed by atoms with Crippen molar-refractivity contribution in [3.05, 3.63) is 16.1 Å². The monoisotopic (exact) mass is 313 g/mol. The third-order valence-corrected chi connectivity index (χ3v) is 3.21. The summed E-state index contributed by atoms with van der Waals surface area (Å²) in [6, 6.07) is 0. The Labute approximate surface area is 125 Å². The fourth-order valence-electron chi connectivity index (χ4n) is 1.31. The van der Waals surface area contributed by atoms with Crippen LogP contribution in [0.2, 0.25) is 0 Å². The van der Waals surface area contributed by atoms with Crippen LogP contribution in [0.4, 0.5) is 0 Å². The molecule has 0 atom stereocenters. The number of aromatic nitrogens is 1. The number of halogens is 2. The van der Waals surface area contributed by atoms with E-state index < -0.39 is 0 Å². The molecule has 106 valence electrons. The average Bonchev–Trinajstić information content (AvgIpc) is 2.72. The first kappa shape index (κ1) is 20.0. The molecule has 4 nitrogen and oxygen atoms in total. The summed E-state index contributed by atoms with van der Waals surface area (Å²) < 4.78 is 0. The van der Waals surface area contributed by atoms with E-state index in [0.29, 0.717) is 6.42 Å². The molecular weight excluding hydrogens is 293 g/mol. The maximum atomic E-state index is 11.5. The molecule has 0 bridgehead atoms. The van der Waals surface area contributed by atoms with Gasteiger partial charge < -0.3 is 10.6 Å². The van der Waals surface area contributed by atoms with Gasteiger partial charge in [-0.1, -0.05) is 6.92 Å². The normalized spacial score (nSPS) is 9.22. The SMILES string of the molecule is CCc1nc(CC(=O)NCCCNC)cs1.Cl.Cl. The number of aryl methyl sites for hydroxylation is 1. The van der Waals surface area contributed by atoms with E-state index in [1.54, 1.807) is 11.3 Å². The maximum Gasteiger partial charge on any atom is 0.226 e. The first-order valence-electron chi connectivity index (χ1n) is 5.60.